The number of halogens is 3. The van der Waals surface area contributed by atoms with Crippen molar-refractivity contribution in [2.24, 2.45) is 0 Å². The molecule has 30 heavy (non-hydrogen) atoms. The largest absolute Gasteiger partial charge is 0.476 e. The van der Waals surface area contributed by atoms with E-state index in [9.17, 15) is 19.6 Å². The minimum absolute atomic E-state index is 0.0565. The molecule has 154 valence electrons. The molecule has 0 saturated heterocycles. The van der Waals surface area contributed by atoms with Crippen molar-refractivity contribution in [3.8, 4) is 6.07 Å². The molecule has 0 aliphatic rings. The molecule has 0 spiro atoms. The smallest absolute Gasteiger partial charge is 0.356 e. The van der Waals surface area contributed by atoms with Gasteiger partial charge in [-0.25, -0.2) is 14.2 Å². The van der Waals surface area contributed by atoms with Crippen LogP contribution in [0.4, 0.5) is 10.1 Å². The van der Waals surface area contributed by atoms with E-state index in [1.165, 1.54) is 12.1 Å². The first-order valence-corrected chi connectivity index (χ1v) is 10.2. The number of aryl methyl sites for hydroxylation is 1. The first-order chi connectivity index (χ1) is 14.3. The van der Waals surface area contributed by atoms with E-state index in [2.05, 4.69) is 32.3 Å². The second kappa shape index (κ2) is 8.86. The molecule has 9 heteroatoms. The number of hydrogen-bond acceptors (Lipinski definition) is 4. The Bertz CT molecular complexity index is 1170. The summed E-state index contributed by atoms with van der Waals surface area (Å²) in [6, 6.07) is 10.9. The lowest BCUT2D eigenvalue weighted by atomic mass is 9.95. The van der Waals surface area contributed by atoms with Gasteiger partial charge in [0.15, 0.2) is 16.2 Å². The quantitative estimate of drug-likeness (QED) is 0.472. The Kier molecular flexibility index (Phi) is 6.44. The summed E-state index contributed by atoms with van der Waals surface area (Å²) < 4.78 is 16.7. The Labute approximate surface area is 186 Å². The van der Waals surface area contributed by atoms with Crippen LogP contribution in [0.3, 0.4) is 0 Å². The van der Waals surface area contributed by atoms with Gasteiger partial charge in [0, 0.05) is 6.54 Å². The maximum Gasteiger partial charge on any atom is 0.356 e. The van der Waals surface area contributed by atoms with E-state index < -0.39 is 17.8 Å². The number of benzene rings is 2. The molecule has 3 rings (SSSR count). The molecule has 0 fully saturated rings. The average Bonchev–Trinajstić information content (AvgIpc) is 3.05. The third kappa shape index (κ3) is 4.04. The molecular formula is C21H17BrClFN4O2. The Hall–Kier alpha value is -2.89. The fourth-order valence-electron chi connectivity index (χ4n) is 3.32. The number of carbonyl (C=O) groups is 1. The predicted molar refractivity (Wildman–Crippen MR) is 115 cm³/mol. The second-order valence-electron chi connectivity index (χ2n) is 6.53. The van der Waals surface area contributed by atoms with E-state index in [4.69, 9.17) is 11.6 Å². The van der Waals surface area contributed by atoms with Crippen molar-refractivity contribution >= 4 is 39.2 Å². The number of aromatic carboxylic acids is 1. The average molecular weight is 492 g/mol. The topological polar surface area (TPSA) is 90.9 Å². The number of carboxylic acid groups (broad SMARTS) is 1. The number of imidazole rings is 1. The maximum atomic E-state index is 14.7. The molecule has 0 aliphatic heterocycles. The maximum absolute atomic E-state index is 14.7. The molecule has 1 heterocycles. The van der Waals surface area contributed by atoms with Gasteiger partial charge in [-0.1, -0.05) is 23.7 Å². The third-order valence-electron chi connectivity index (χ3n) is 4.71. The number of nitrogens with zero attached hydrogens (tertiary/aromatic N) is 3. The van der Waals surface area contributed by atoms with Crippen LogP contribution in [0.25, 0.3) is 0 Å². The van der Waals surface area contributed by atoms with E-state index in [0.717, 1.165) is 5.56 Å². The molecule has 0 radical (unpaired) electrons. The zero-order chi connectivity index (χ0) is 22.0. The van der Waals surface area contributed by atoms with Gasteiger partial charge in [0.25, 0.3) is 0 Å². The molecule has 0 aliphatic carbocycles. The molecule has 2 N–H and O–H groups in total. The van der Waals surface area contributed by atoms with Crippen molar-refractivity contribution in [2.75, 3.05) is 5.32 Å². The van der Waals surface area contributed by atoms with Crippen LogP contribution in [0, 0.1) is 24.1 Å². The Balaban J connectivity index is 2.28. The van der Waals surface area contributed by atoms with Gasteiger partial charge in [-0.3, -0.25) is 0 Å². The fraction of sp³-hybridized carbons (Fsp3) is 0.190. The van der Waals surface area contributed by atoms with Gasteiger partial charge in [-0.15, -0.1) is 0 Å². The number of nitrogens with one attached hydrogen (secondary N) is 1. The second-order valence-corrected chi connectivity index (χ2v) is 7.64. The molecule has 1 unspecified atom stereocenters. The van der Waals surface area contributed by atoms with Crippen LogP contribution in [0.5, 0.6) is 0 Å². The fourth-order valence-corrected chi connectivity index (χ4v) is 4.11. The molecule has 0 saturated carbocycles. The Morgan fingerprint density at radius 2 is 2.17 bits per heavy atom. The Morgan fingerprint density at radius 3 is 2.77 bits per heavy atom. The van der Waals surface area contributed by atoms with Crippen molar-refractivity contribution in [2.45, 2.75) is 26.4 Å². The van der Waals surface area contributed by atoms with Gasteiger partial charge in [0.05, 0.1) is 34.1 Å². The van der Waals surface area contributed by atoms with Crippen LogP contribution in [-0.4, -0.2) is 20.6 Å². The zero-order valence-corrected chi connectivity index (χ0v) is 18.4. The van der Waals surface area contributed by atoms with E-state index in [-0.39, 0.29) is 16.4 Å². The van der Waals surface area contributed by atoms with Crippen molar-refractivity contribution in [1.82, 2.24) is 9.55 Å². The summed E-state index contributed by atoms with van der Waals surface area (Å²) in [5.74, 6) is -1.85. The summed E-state index contributed by atoms with van der Waals surface area (Å²) in [6.07, 6.45) is 0. The zero-order valence-electron chi connectivity index (χ0n) is 16.1. The summed E-state index contributed by atoms with van der Waals surface area (Å²) in [6.45, 7) is 4.09. The first-order valence-electron chi connectivity index (χ1n) is 8.98. The SMILES string of the molecule is CCn1c(Br)nc(C(=O)O)c1C(Nc1cccc(Cl)c1F)c1ccc(C#N)cc1C. The van der Waals surface area contributed by atoms with Gasteiger partial charge in [-0.05, 0) is 65.2 Å². The molecule has 3 aromatic rings. The molecular weight excluding hydrogens is 475 g/mol. The van der Waals surface area contributed by atoms with Crippen LogP contribution >= 0.6 is 27.5 Å². The highest BCUT2D eigenvalue weighted by Crippen LogP contribution is 2.35. The lowest BCUT2D eigenvalue weighted by molar-refractivity contribution is 0.0689. The van der Waals surface area contributed by atoms with Crippen LogP contribution in [0.2, 0.25) is 5.02 Å². The highest BCUT2D eigenvalue weighted by atomic mass is 79.9. The standard InChI is InChI=1S/C21H17BrClFN4O2/c1-3-28-19(18(20(29)30)27-21(28)22)17(13-8-7-12(10-25)9-11(13)2)26-15-6-4-5-14(23)16(15)24/h4-9,17,26H,3H2,1-2H3,(H,29,30). The molecule has 2 aromatic carbocycles. The highest BCUT2D eigenvalue weighted by Gasteiger charge is 2.30. The first kappa shape index (κ1) is 21.8. The van der Waals surface area contributed by atoms with Crippen LogP contribution in [-0.2, 0) is 6.54 Å². The predicted octanol–water partition coefficient (Wildman–Crippen LogP) is 5.54. The Morgan fingerprint density at radius 1 is 1.43 bits per heavy atom. The summed E-state index contributed by atoms with van der Waals surface area (Å²) >= 11 is 9.25. The van der Waals surface area contributed by atoms with Gasteiger partial charge in [0.1, 0.15) is 0 Å². The number of nitriles is 1. The van der Waals surface area contributed by atoms with Crippen molar-refractivity contribution < 1.29 is 14.3 Å². The minimum atomic E-state index is -1.21. The monoisotopic (exact) mass is 490 g/mol. The van der Waals surface area contributed by atoms with Gasteiger partial charge in [0.2, 0.25) is 0 Å². The van der Waals surface area contributed by atoms with Crippen molar-refractivity contribution in [3.63, 3.8) is 0 Å². The third-order valence-corrected chi connectivity index (χ3v) is 5.61. The number of hydrogen-bond donors (Lipinski definition) is 2. The summed E-state index contributed by atoms with van der Waals surface area (Å²) in [5, 5.41) is 22.0. The summed E-state index contributed by atoms with van der Waals surface area (Å²) in [4.78, 5) is 16.1. The molecule has 0 bridgehead atoms. The van der Waals surface area contributed by atoms with E-state index in [1.54, 1.807) is 35.8 Å². The van der Waals surface area contributed by atoms with E-state index >= 15 is 0 Å². The van der Waals surface area contributed by atoms with Gasteiger partial charge in [-0.2, -0.15) is 5.26 Å². The number of carboxylic acids is 1. The highest BCUT2D eigenvalue weighted by molar-refractivity contribution is 9.10. The van der Waals surface area contributed by atoms with Crippen molar-refractivity contribution in [3.05, 3.63) is 80.0 Å². The van der Waals surface area contributed by atoms with Crippen molar-refractivity contribution in [1.29, 1.82) is 5.26 Å². The number of anilines is 1. The number of rotatable bonds is 6. The minimum Gasteiger partial charge on any atom is -0.476 e. The normalized spacial score (nSPS) is 11.7. The van der Waals surface area contributed by atoms with Crippen LogP contribution in [0.1, 0.15) is 45.8 Å². The molecule has 0 amide bonds. The molecule has 1 atom stereocenters. The summed E-state index contributed by atoms with van der Waals surface area (Å²) in [5.41, 5.74) is 2.19. The lowest BCUT2D eigenvalue weighted by Gasteiger charge is -2.25. The summed E-state index contributed by atoms with van der Waals surface area (Å²) in [7, 11) is 0. The van der Waals surface area contributed by atoms with Crippen LogP contribution < -0.4 is 5.32 Å². The van der Waals surface area contributed by atoms with Crippen LogP contribution in [0.15, 0.2) is 41.1 Å². The van der Waals surface area contributed by atoms with Gasteiger partial charge < -0.3 is 15.0 Å². The molecule has 6 nitrogen and oxygen atoms in total. The lowest BCUT2D eigenvalue weighted by Crippen LogP contribution is -2.21. The van der Waals surface area contributed by atoms with E-state index in [0.29, 0.717) is 28.1 Å². The number of aromatic nitrogens is 2. The van der Waals surface area contributed by atoms with E-state index in [1.807, 2.05) is 6.92 Å². The molecule has 1 aromatic heterocycles. The van der Waals surface area contributed by atoms with Gasteiger partial charge >= 0.3 is 5.97 Å².